The minimum atomic E-state index is -0.0829. The van der Waals surface area contributed by atoms with E-state index in [0.29, 0.717) is 0 Å². The van der Waals surface area contributed by atoms with E-state index >= 15 is 0 Å². The maximum atomic E-state index is 6.77. The van der Waals surface area contributed by atoms with E-state index in [4.69, 9.17) is 14.4 Å². The van der Waals surface area contributed by atoms with Gasteiger partial charge in [0.1, 0.15) is 17.0 Å². The van der Waals surface area contributed by atoms with Crippen LogP contribution >= 0.6 is 11.3 Å². The molecule has 1 atom stereocenters. The number of nitrogens with one attached hydrogen (secondary N) is 1. The third kappa shape index (κ3) is 4.53. The first-order valence-electron chi connectivity index (χ1n) is 17.5. The Bertz CT molecular complexity index is 3100. The first-order chi connectivity index (χ1) is 25.8. The van der Waals surface area contributed by atoms with Gasteiger partial charge in [0.2, 0.25) is 0 Å². The lowest BCUT2D eigenvalue weighted by atomic mass is 9.96. The van der Waals surface area contributed by atoms with Gasteiger partial charge in [-0.3, -0.25) is 0 Å². The zero-order valence-corrected chi connectivity index (χ0v) is 28.7. The van der Waals surface area contributed by atoms with Crippen molar-refractivity contribution in [2.75, 3.05) is 0 Å². The average Bonchev–Trinajstić information content (AvgIpc) is 3.79. The highest BCUT2D eigenvalue weighted by molar-refractivity contribution is 7.25. The van der Waals surface area contributed by atoms with Crippen molar-refractivity contribution in [3.05, 3.63) is 180 Å². The molecule has 0 saturated heterocycles. The molecule has 1 N–H and O–H groups in total. The van der Waals surface area contributed by atoms with Crippen LogP contribution in [0.3, 0.4) is 0 Å². The number of hydrogen-bond donors (Lipinski definition) is 1. The number of furan rings is 1. The summed E-state index contributed by atoms with van der Waals surface area (Å²) in [6.07, 6.45) is 2.27. The number of aromatic nitrogens is 1. The Morgan fingerprint density at radius 3 is 2.13 bits per heavy atom. The molecule has 52 heavy (non-hydrogen) atoms. The summed E-state index contributed by atoms with van der Waals surface area (Å²) in [6, 6.07) is 55.3. The van der Waals surface area contributed by atoms with Crippen LogP contribution in [0, 0.1) is 0 Å². The van der Waals surface area contributed by atoms with Crippen LogP contribution < -0.4 is 5.32 Å². The molecular formula is C47H29N3OS. The van der Waals surface area contributed by atoms with Crippen LogP contribution in [0.1, 0.15) is 22.7 Å². The molecule has 1 aliphatic heterocycles. The van der Waals surface area contributed by atoms with Crippen LogP contribution in [0.4, 0.5) is 0 Å². The second kappa shape index (κ2) is 11.5. The van der Waals surface area contributed by atoms with E-state index in [1.54, 1.807) is 0 Å². The molecule has 0 amide bonds. The Hall–Kier alpha value is -6.56. The maximum absolute atomic E-state index is 6.77. The molecule has 0 saturated carbocycles. The number of amidine groups is 1. The predicted molar refractivity (Wildman–Crippen MR) is 218 cm³/mol. The topological polar surface area (TPSA) is 50.4 Å². The van der Waals surface area contributed by atoms with E-state index in [1.807, 2.05) is 23.5 Å². The minimum absolute atomic E-state index is 0.0829. The van der Waals surface area contributed by atoms with Crippen LogP contribution in [0.5, 0.6) is 0 Å². The molecule has 0 spiro atoms. The number of pyridine rings is 1. The van der Waals surface area contributed by atoms with E-state index in [9.17, 15) is 0 Å². The fourth-order valence-corrected chi connectivity index (χ4v) is 9.05. The number of nitrogens with zero attached hydrogens (tertiary/aromatic N) is 2. The zero-order valence-electron chi connectivity index (χ0n) is 27.9. The van der Waals surface area contributed by atoms with E-state index < -0.39 is 0 Å². The lowest BCUT2D eigenvalue weighted by Gasteiger charge is -2.25. The summed E-state index contributed by atoms with van der Waals surface area (Å²) in [6.45, 7) is 0. The number of para-hydroxylation sites is 1. The number of thiophene rings is 1. The van der Waals surface area contributed by atoms with E-state index in [1.165, 1.54) is 25.7 Å². The molecule has 0 fully saturated rings. The van der Waals surface area contributed by atoms with Gasteiger partial charge in [-0.2, -0.15) is 0 Å². The number of hydrogen-bond acceptors (Lipinski definition) is 5. The van der Waals surface area contributed by atoms with E-state index in [2.05, 4.69) is 157 Å². The quantitative estimate of drug-likeness (QED) is 0.188. The van der Waals surface area contributed by atoms with Crippen molar-refractivity contribution >= 4 is 86.7 Å². The molecule has 3 aromatic heterocycles. The summed E-state index contributed by atoms with van der Waals surface area (Å²) in [5, 5.41) is 11.8. The molecule has 4 heterocycles. The Kier molecular flexibility index (Phi) is 6.45. The van der Waals surface area contributed by atoms with Gasteiger partial charge in [0.25, 0.3) is 0 Å². The fraction of sp³-hybridized carbons (Fsp3) is 0.0213. The third-order valence-corrected chi connectivity index (χ3v) is 11.4. The molecule has 0 bridgehead atoms. The predicted octanol–water partition coefficient (Wildman–Crippen LogP) is 12.5. The standard InChI is InChI=1S/C47H29N3OS/c1-3-12-28(13-4-1)38-27-39(33-18-11-21-42-43(33)34-17-8-10-20-41(34)52-42)50-47(49-38)30-22-25-40-36(26-30)31-23-24-35-44(46(31)51-40)32-16-7-9-19-37(32)48-45(35)29-14-5-2-6-15-29/h1-27,39H,(H,49,50). The van der Waals surface area contributed by atoms with Crippen molar-refractivity contribution in [1.82, 2.24) is 10.3 Å². The highest BCUT2D eigenvalue weighted by Gasteiger charge is 2.24. The lowest BCUT2D eigenvalue weighted by Crippen LogP contribution is -2.31. The second-order valence-corrected chi connectivity index (χ2v) is 14.4. The van der Waals surface area contributed by atoms with Crippen LogP contribution in [0.15, 0.2) is 173 Å². The van der Waals surface area contributed by atoms with Gasteiger partial charge in [-0.05, 0) is 59.7 Å². The van der Waals surface area contributed by atoms with Crippen molar-refractivity contribution in [2.45, 2.75) is 6.04 Å². The summed E-state index contributed by atoms with van der Waals surface area (Å²) in [5.74, 6) is 0.834. The molecule has 244 valence electrons. The summed E-state index contributed by atoms with van der Waals surface area (Å²) >= 11 is 1.85. The Morgan fingerprint density at radius 2 is 1.27 bits per heavy atom. The molecule has 7 aromatic carbocycles. The molecular weight excluding hydrogens is 655 g/mol. The summed E-state index contributed by atoms with van der Waals surface area (Å²) in [4.78, 5) is 10.4. The third-order valence-electron chi connectivity index (χ3n) is 10.3. The maximum Gasteiger partial charge on any atom is 0.144 e. The highest BCUT2D eigenvalue weighted by Crippen LogP contribution is 2.42. The van der Waals surface area contributed by atoms with Crippen molar-refractivity contribution in [3.63, 3.8) is 0 Å². The number of fused-ring (bicyclic) bond motifs is 10. The van der Waals surface area contributed by atoms with Gasteiger partial charge in [-0.25, -0.2) is 9.98 Å². The molecule has 0 radical (unpaired) electrons. The van der Waals surface area contributed by atoms with Crippen LogP contribution in [-0.4, -0.2) is 10.8 Å². The lowest BCUT2D eigenvalue weighted by molar-refractivity contribution is 0.673. The van der Waals surface area contributed by atoms with Crippen LogP contribution in [0.25, 0.3) is 80.7 Å². The van der Waals surface area contributed by atoms with Gasteiger partial charge in [0.05, 0.1) is 22.9 Å². The molecule has 1 unspecified atom stereocenters. The van der Waals surface area contributed by atoms with Gasteiger partial charge in [-0.15, -0.1) is 11.3 Å². The first kappa shape index (κ1) is 29.2. The van der Waals surface area contributed by atoms with Gasteiger partial charge in [-0.1, -0.05) is 115 Å². The number of benzene rings is 7. The fourth-order valence-electron chi connectivity index (χ4n) is 7.91. The summed E-state index contributed by atoms with van der Waals surface area (Å²) in [5.41, 5.74) is 8.99. The zero-order chi connectivity index (χ0) is 34.2. The van der Waals surface area contributed by atoms with Crippen molar-refractivity contribution in [3.8, 4) is 11.3 Å². The second-order valence-electron chi connectivity index (χ2n) is 13.3. The number of aliphatic imine (C=N–C) groups is 1. The minimum Gasteiger partial charge on any atom is -0.455 e. The monoisotopic (exact) mass is 683 g/mol. The largest absolute Gasteiger partial charge is 0.455 e. The van der Waals surface area contributed by atoms with Gasteiger partial charge >= 0.3 is 0 Å². The summed E-state index contributed by atoms with van der Waals surface area (Å²) < 4.78 is 9.36. The molecule has 10 aromatic rings. The van der Waals surface area contributed by atoms with Crippen molar-refractivity contribution < 1.29 is 4.42 Å². The van der Waals surface area contributed by atoms with Gasteiger partial charge < -0.3 is 9.73 Å². The molecule has 5 heteroatoms. The normalized spacial score (nSPS) is 14.7. The van der Waals surface area contributed by atoms with Crippen LogP contribution in [0.2, 0.25) is 0 Å². The van der Waals surface area contributed by atoms with E-state index in [-0.39, 0.29) is 6.04 Å². The smallest absolute Gasteiger partial charge is 0.144 e. The number of rotatable bonds is 4. The average molecular weight is 684 g/mol. The Balaban J connectivity index is 1.10. The summed E-state index contributed by atoms with van der Waals surface area (Å²) in [7, 11) is 0. The molecule has 11 rings (SSSR count). The SMILES string of the molecule is C1=C(c2ccccc2)N=C(c2ccc3oc4c(ccc5c(-c6ccccc6)nc6ccccc6c54)c3c2)NC1c1cccc2sc3ccccc3c12. The van der Waals surface area contributed by atoms with Gasteiger partial charge in [0.15, 0.2) is 0 Å². The Labute approximate surface area is 303 Å². The highest BCUT2D eigenvalue weighted by atomic mass is 32.1. The van der Waals surface area contributed by atoms with Crippen LogP contribution in [-0.2, 0) is 0 Å². The molecule has 0 aliphatic carbocycles. The first-order valence-corrected chi connectivity index (χ1v) is 18.3. The van der Waals surface area contributed by atoms with E-state index in [0.717, 1.165) is 77.5 Å². The Morgan fingerprint density at radius 1 is 0.538 bits per heavy atom. The molecule has 1 aliphatic rings. The molecule has 4 nitrogen and oxygen atoms in total. The van der Waals surface area contributed by atoms with Crippen molar-refractivity contribution in [1.29, 1.82) is 0 Å². The van der Waals surface area contributed by atoms with Crippen molar-refractivity contribution in [2.24, 2.45) is 4.99 Å². The van der Waals surface area contributed by atoms with Gasteiger partial charge in [0, 0.05) is 58.2 Å².